The summed E-state index contributed by atoms with van der Waals surface area (Å²) in [4.78, 5) is 4.96. The number of hydrogen-bond donors (Lipinski definition) is 3. The van der Waals surface area contributed by atoms with Crippen molar-refractivity contribution in [2.24, 2.45) is 0 Å². The molecule has 1 aliphatic heterocycles. The predicted molar refractivity (Wildman–Crippen MR) is 126 cm³/mol. The SMILES string of the molecule is CCN(CC)CCNc1ccc2c3c(nn2CCNCCO)-c2ccccc2Sc13. The lowest BCUT2D eigenvalue weighted by Gasteiger charge is -2.21. The number of aliphatic hydroxyl groups is 1. The van der Waals surface area contributed by atoms with Crippen LogP contribution >= 0.6 is 11.8 Å². The van der Waals surface area contributed by atoms with Crippen molar-refractivity contribution in [1.29, 1.82) is 0 Å². The zero-order chi connectivity index (χ0) is 20.9. The molecule has 0 saturated heterocycles. The number of aromatic nitrogens is 2. The summed E-state index contributed by atoms with van der Waals surface area (Å²) in [7, 11) is 0. The van der Waals surface area contributed by atoms with Crippen molar-refractivity contribution in [3.63, 3.8) is 0 Å². The van der Waals surface area contributed by atoms with Gasteiger partial charge in [-0.15, -0.1) is 0 Å². The second-order valence-corrected chi connectivity index (χ2v) is 8.49. The first kappa shape index (κ1) is 21.2. The third-order valence-electron chi connectivity index (χ3n) is 5.65. The first-order valence-corrected chi connectivity index (χ1v) is 11.7. The normalized spacial score (nSPS) is 12.5. The Morgan fingerprint density at radius 2 is 1.90 bits per heavy atom. The summed E-state index contributed by atoms with van der Waals surface area (Å²) in [6.45, 7) is 10.9. The Morgan fingerprint density at radius 3 is 2.70 bits per heavy atom. The average molecular weight is 426 g/mol. The highest BCUT2D eigenvalue weighted by Gasteiger charge is 2.25. The van der Waals surface area contributed by atoms with Gasteiger partial charge in [0.1, 0.15) is 5.69 Å². The number of benzene rings is 2. The van der Waals surface area contributed by atoms with Crippen LogP contribution in [0.5, 0.6) is 0 Å². The Morgan fingerprint density at radius 1 is 1.07 bits per heavy atom. The van der Waals surface area contributed by atoms with E-state index in [0.717, 1.165) is 45.0 Å². The molecule has 0 saturated carbocycles. The van der Waals surface area contributed by atoms with Gasteiger partial charge in [0.2, 0.25) is 0 Å². The monoisotopic (exact) mass is 425 g/mol. The van der Waals surface area contributed by atoms with Gasteiger partial charge >= 0.3 is 0 Å². The lowest BCUT2D eigenvalue weighted by atomic mass is 10.1. The van der Waals surface area contributed by atoms with Gasteiger partial charge < -0.3 is 20.6 Å². The molecule has 0 atom stereocenters. The molecule has 0 fully saturated rings. The maximum absolute atomic E-state index is 9.00. The molecule has 160 valence electrons. The van der Waals surface area contributed by atoms with Crippen LogP contribution in [0.3, 0.4) is 0 Å². The maximum atomic E-state index is 9.00. The van der Waals surface area contributed by atoms with Gasteiger partial charge in [-0.1, -0.05) is 43.8 Å². The van der Waals surface area contributed by atoms with Crippen molar-refractivity contribution >= 4 is 28.4 Å². The van der Waals surface area contributed by atoms with Gasteiger partial charge in [0.15, 0.2) is 0 Å². The van der Waals surface area contributed by atoms with Crippen LogP contribution in [0.2, 0.25) is 0 Å². The van der Waals surface area contributed by atoms with E-state index in [1.165, 1.54) is 31.9 Å². The van der Waals surface area contributed by atoms with Crippen LogP contribution in [0, 0.1) is 0 Å². The quantitative estimate of drug-likeness (QED) is 0.320. The first-order valence-electron chi connectivity index (χ1n) is 10.8. The van der Waals surface area contributed by atoms with Crippen LogP contribution in [0.4, 0.5) is 5.69 Å². The molecule has 0 radical (unpaired) electrons. The number of anilines is 1. The topological polar surface area (TPSA) is 65.4 Å². The van der Waals surface area contributed by atoms with E-state index < -0.39 is 0 Å². The molecule has 2 aromatic carbocycles. The summed E-state index contributed by atoms with van der Waals surface area (Å²) >= 11 is 1.84. The van der Waals surface area contributed by atoms with Crippen molar-refractivity contribution in [2.75, 3.05) is 51.2 Å². The number of nitrogens with zero attached hydrogens (tertiary/aromatic N) is 3. The van der Waals surface area contributed by atoms with Crippen LogP contribution < -0.4 is 10.6 Å². The predicted octanol–water partition coefficient (Wildman–Crippen LogP) is 3.50. The van der Waals surface area contributed by atoms with E-state index >= 15 is 0 Å². The molecule has 30 heavy (non-hydrogen) atoms. The smallest absolute Gasteiger partial charge is 0.103 e. The Labute approximate surface area is 182 Å². The fourth-order valence-electron chi connectivity index (χ4n) is 3.98. The van der Waals surface area contributed by atoms with E-state index in [9.17, 15) is 0 Å². The molecule has 0 spiro atoms. The highest BCUT2D eigenvalue weighted by Crippen LogP contribution is 2.50. The number of likely N-dealkylation sites (N-methyl/N-ethyl adjacent to an activating group) is 1. The minimum Gasteiger partial charge on any atom is -0.395 e. The average Bonchev–Trinajstić information content (AvgIpc) is 3.15. The minimum absolute atomic E-state index is 0.155. The van der Waals surface area contributed by atoms with Gasteiger partial charge in [0, 0.05) is 52.6 Å². The van der Waals surface area contributed by atoms with Crippen LogP contribution in [-0.2, 0) is 6.54 Å². The number of hydrogen-bond acceptors (Lipinski definition) is 6. The van der Waals surface area contributed by atoms with E-state index in [2.05, 4.69) is 70.5 Å². The molecule has 3 N–H and O–H groups in total. The summed E-state index contributed by atoms with van der Waals surface area (Å²) in [5, 5.41) is 22.2. The number of aliphatic hydroxyl groups excluding tert-OH is 1. The first-order chi connectivity index (χ1) is 14.8. The highest BCUT2D eigenvalue weighted by atomic mass is 32.2. The number of fused-ring (bicyclic) bond motifs is 2. The molecule has 4 rings (SSSR count). The molecule has 0 aliphatic carbocycles. The van der Waals surface area contributed by atoms with Gasteiger partial charge in [-0.3, -0.25) is 4.68 Å². The van der Waals surface area contributed by atoms with E-state index in [0.29, 0.717) is 6.54 Å². The summed E-state index contributed by atoms with van der Waals surface area (Å²) in [6, 6.07) is 12.9. The summed E-state index contributed by atoms with van der Waals surface area (Å²) in [6.07, 6.45) is 0. The zero-order valence-electron chi connectivity index (χ0n) is 17.8. The highest BCUT2D eigenvalue weighted by molar-refractivity contribution is 8.00. The Hall–Kier alpha value is -2.06. The lowest BCUT2D eigenvalue weighted by molar-refractivity contribution is 0.291. The lowest BCUT2D eigenvalue weighted by Crippen LogP contribution is -2.28. The van der Waals surface area contributed by atoms with E-state index in [-0.39, 0.29) is 6.61 Å². The Kier molecular flexibility index (Phi) is 6.94. The second kappa shape index (κ2) is 9.83. The summed E-state index contributed by atoms with van der Waals surface area (Å²) in [5.74, 6) is 0. The van der Waals surface area contributed by atoms with Crippen molar-refractivity contribution < 1.29 is 5.11 Å². The van der Waals surface area contributed by atoms with Gasteiger partial charge in [0.25, 0.3) is 0 Å². The number of rotatable bonds is 11. The van der Waals surface area contributed by atoms with Gasteiger partial charge in [-0.05, 0) is 31.3 Å². The summed E-state index contributed by atoms with van der Waals surface area (Å²) in [5.41, 5.74) is 4.64. The van der Waals surface area contributed by atoms with E-state index in [1.54, 1.807) is 0 Å². The van der Waals surface area contributed by atoms with Crippen LogP contribution in [0.25, 0.3) is 22.2 Å². The zero-order valence-corrected chi connectivity index (χ0v) is 18.6. The largest absolute Gasteiger partial charge is 0.395 e. The molecule has 0 unspecified atom stereocenters. The fourth-order valence-corrected chi connectivity index (χ4v) is 5.18. The van der Waals surface area contributed by atoms with Crippen molar-refractivity contribution in [1.82, 2.24) is 20.0 Å². The Balaban J connectivity index is 1.67. The van der Waals surface area contributed by atoms with Gasteiger partial charge in [-0.25, -0.2) is 0 Å². The third-order valence-corrected chi connectivity index (χ3v) is 6.86. The van der Waals surface area contributed by atoms with E-state index in [4.69, 9.17) is 10.2 Å². The van der Waals surface area contributed by atoms with Crippen LogP contribution in [0.15, 0.2) is 46.2 Å². The molecule has 6 nitrogen and oxygen atoms in total. The third kappa shape index (κ3) is 4.21. The van der Waals surface area contributed by atoms with Crippen molar-refractivity contribution in [3.8, 4) is 11.3 Å². The molecule has 1 aromatic heterocycles. The minimum atomic E-state index is 0.155. The maximum Gasteiger partial charge on any atom is 0.103 e. The molecule has 3 aromatic rings. The van der Waals surface area contributed by atoms with Crippen LogP contribution in [0.1, 0.15) is 13.8 Å². The fraction of sp³-hybridized carbons (Fsp3) is 0.435. The Bertz CT molecular complexity index is 999. The molecule has 0 bridgehead atoms. The summed E-state index contributed by atoms with van der Waals surface area (Å²) < 4.78 is 2.10. The molecular weight excluding hydrogens is 394 g/mol. The molecular formula is C23H31N5OS. The molecule has 7 heteroatoms. The second-order valence-electron chi connectivity index (χ2n) is 7.43. The van der Waals surface area contributed by atoms with Gasteiger partial charge in [-0.2, -0.15) is 5.10 Å². The standard InChI is InChI=1S/C23H31N5OS/c1-3-27(4-2)14-12-25-18-9-10-19-21-22(26-28(19)15-11-24-13-16-29)17-7-5-6-8-20(17)30-23(18)21/h5-10,24-25,29H,3-4,11-16H2,1-2H3. The van der Waals surface area contributed by atoms with Crippen molar-refractivity contribution in [3.05, 3.63) is 36.4 Å². The molecule has 0 amide bonds. The van der Waals surface area contributed by atoms with Crippen molar-refractivity contribution in [2.45, 2.75) is 30.2 Å². The molecule has 1 aliphatic rings. The number of nitrogens with one attached hydrogen (secondary N) is 2. The van der Waals surface area contributed by atoms with Crippen LogP contribution in [-0.4, -0.2) is 65.7 Å². The molecule has 2 heterocycles. The van der Waals surface area contributed by atoms with E-state index in [1.807, 2.05) is 11.8 Å². The van der Waals surface area contributed by atoms with Gasteiger partial charge in [0.05, 0.1) is 18.7 Å².